The van der Waals surface area contributed by atoms with Gasteiger partial charge in [0.2, 0.25) is 5.95 Å². The maximum atomic E-state index is 14.2. The number of nitrogens with one attached hydrogen (secondary N) is 2. The molecular formula is C30H33F3N6O3S2. The first-order valence-corrected chi connectivity index (χ1v) is 16.6. The highest BCUT2D eigenvalue weighted by Gasteiger charge is 2.38. The summed E-state index contributed by atoms with van der Waals surface area (Å²) in [5, 5.41) is 6.71. The maximum absolute atomic E-state index is 14.2. The number of nitrogens with zero attached hydrogens (tertiary/aromatic N) is 4. The van der Waals surface area contributed by atoms with Gasteiger partial charge in [0, 0.05) is 67.6 Å². The lowest BCUT2D eigenvalue weighted by Crippen LogP contribution is -2.52. The molecule has 1 atom stereocenters. The van der Waals surface area contributed by atoms with Gasteiger partial charge < -0.3 is 29.9 Å². The molecule has 0 radical (unpaired) electrons. The number of aromatic nitrogens is 2. The van der Waals surface area contributed by atoms with Crippen molar-refractivity contribution < 1.29 is 27.4 Å². The van der Waals surface area contributed by atoms with Gasteiger partial charge in [0.25, 0.3) is 5.91 Å². The van der Waals surface area contributed by atoms with Crippen molar-refractivity contribution in [1.82, 2.24) is 20.2 Å². The van der Waals surface area contributed by atoms with Gasteiger partial charge in [-0.1, -0.05) is 0 Å². The van der Waals surface area contributed by atoms with Crippen LogP contribution >= 0.6 is 23.1 Å². The monoisotopic (exact) mass is 646 g/mol. The Morgan fingerprint density at radius 3 is 2.77 bits per heavy atom. The molecule has 2 aromatic heterocycles. The normalized spacial score (nSPS) is 21.2. The van der Waals surface area contributed by atoms with Crippen molar-refractivity contribution in [1.29, 1.82) is 0 Å². The second-order valence-electron chi connectivity index (χ2n) is 11.5. The zero-order valence-corrected chi connectivity index (χ0v) is 25.8. The number of anilines is 3. The molecule has 0 bridgehead atoms. The molecule has 1 amide bonds. The van der Waals surface area contributed by atoms with Crippen LogP contribution in [-0.4, -0.2) is 91.7 Å². The van der Waals surface area contributed by atoms with E-state index < -0.39 is 11.7 Å². The van der Waals surface area contributed by atoms with Gasteiger partial charge in [-0.15, -0.1) is 23.1 Å². The van der Waals surface area contributed by atoms with Gasteiger partial charge in [0.15, 0.2) is 0 Å². The molecule has 7 rings (SSSR count). The molecule has 5 heterocycles. The van der Waals surface area contributed by atoms with E-state index in [0.717, 1.165) is 66.9 Å². The van der Waals surface area contributed by atoms with Crippen LogP contribution in [0.15, 0.2) is 35.4 Å². The molecular weight excluding hydrogens is 613 g/mol. The van der Waals surface area contributed by atoms with E-state index in [-0.39, 0.29) is 29.6 Å². The van der Waals surface area contributed by atoms with Crippen molar-refractivity contribution >= 4 is 46.3 Å². The molecule has 1 aliphatic carbocycles. The Morgan fingerprint density at radius 2 is 2.05 bits per heavy atom. The first kappa shape index (κ1) is 29.8. The molecule has 1 unspecified atom stereocenters. The number of methoxy groups -OCH3 is 1. The maximum Gasteiger partial charge on any atom is 0.420 e. The molecule has 234 valence electrons. The van der Waals surface area contributed by atoms with Crippen LogP contribution in [0.2, 0.25) is 0 Å². The largest absolute Gasteiger partial charge is 0.420 e. The average Bonchev–Trinajstić information content (AvgIpc) is 3.76. The molecule has 0 spiro atoms. The summed E-state index contributed by atoms with van der Waals surface area (Å²) in [5.74, 6) is 0.960. The van der Waals surface area contributed by atoms with E-state index in [2.05, 4.69) is 31.6 Å². The van der Waals surface area contributed by atoms with Crippen LogP contribution in [0.25, 0.3) is 10.6 Å². The van der Waals surface area contributed by atoms with Gasteiger partial charge in [0.05, 0.1) is 36.4 Å². The Hall–Kier alpha value is -2.91. The quantitative estimate of drug-likeness (QED) is 0.342. The SMILES string of the molecule is COCC1CN(c2ccc(Nc3ncc(C(F)(F)F)c(-c4cc5c(s4)C(=O)N(C4COC4)CCS5)n3)c(C3CC3)c2)CCN1. The summed E-state index contributed by atoms with van der Waals surface area (Å²) in [5.41, 5.74) is 1.85. The highest BCUT2D eigenvalue weighted by molar-refractivity contribution is 7.99. The van der Waals surface area contributed by atoms with E-state index in [1.807, 2.05) is 12.1 Å². The van der Waals surface area contributed by atoms with E-state index in [1.165, 1.54) is 11.8 Å². The van der Waals surface area contributed by atoms with Crippen LogP contribution in [0, 0.1) is 0 Å². The Bertz CT molecular complexity index is 1540. The molecule has 2 saturated heterocycles. The number of carbonyl (C=O) groups excluding carboxylic acids is 1. The Labute approximate surface area is 261 Å². The van der Waals surface area contributed by atoms with Gasteiger partial charge in [-0.05, 0) is 48.6 Å². The van der Waals surface area contributed by atoms with Crippen molar-refractivity contribution in [3.05, 3.63) is 46.5 Å². The number of hydrogen-bond donors (Lipinski definition) is 2. The Kier molecular flexibility index (Phi) is 8.20. The number of amides is 1. The third-order valence-corrected chi connectivity index (χ3v) is 10.7. The van der Waals surface area contributed by atoms with E-state index in [9.17, 15) is 18.0 Å². The molecule has 3 fully saturated rings. The molecule has 1 aromatic carbocycles. The molecule has 44 heavy (non-hydrogen) atoms. The topological polar surface area (TPSA) is 91.9 Å². The van der Waals surface area contributed by atoms with Crippen molar-refractivity contribution in [3.63, 3.8) is 0 Å². The van der Waals surface area contributed by atoms with Crippen LogP contribution < -0.4 is 15.5 Å². The number of piperazine rings is 1. The van der Waals surface area contributed by atoms with Gasteiger partial charge in [-0.2, -0.15) is 13.2 Å². The Balaban J connectivity index is 1.19. The first-order chi connectivity index (χ1) is 21.3. The number of alkyl halides is 3. The number of rotatable bonds is 8. The molecule has 3 aliphatic heterocycles. The van der Waals surface area contributed by atoms with Crippen LogP contribution in [0.4, 0.5) is 30.5 Å². The fourth-order valence-corrected chi connectivity index (χ4v) is 8.23. The lowest BCUT2D eigenvalue weighted by atomic mass is 10.1. The van der Waals surface area contributed by atoms with Crippen LogP contribution in [0.3, 0.4) is 0 Å². The van der Waals surface area contributed by atoms with E-state index >= 15 is 0 Å². The number of benzene rings is 1. The van der Waals surface area contributed by atoms with Crippen LogP contribution in [-0.2, 0) is 15.7 Å². The third-order valence-electron chi connectivity index (χ3n) is 8.42. The van der Waals surface area contributed by atoms with Gasteiger partial charge in [-0.25, -0.2) is 9.97 Å². The molecule has 3 aromatic rings. The van der Waals surface area contributed by atoms with Crippen molar-refractivity contribution in [2.75, 3.05) is 69.1 Å². The minimum Gasteiger partial charge on any atom is -0.383 e. The summed E-state index contributed by atoms with van der Waals surface area (Å²) in [7, 11) is 1.70. The fourth-order valence-electron chi connectivity index (χ4n) is 5.91. The number of ether oxygens (including phenoxy) is 2. The number of halogens is 3. The number of thioether (sulfide) groups is 1. The van der Waals surface area contributed by atoms with Crippen molar-refractivity contribution in [2.45, 2.75) is 41.9 Å². The summed E-state index contributed by atoms with van der Waals surface area (Å²) in [6, 6.07) is 8.10. The predicted molar refractivity (Wildman–Crippen MR) is 164 cm³/mol. The molecule has 2 N–H and O–H groups in total. The smallest absolute Gasteiger partial charge is 0.383 e. The second-order valence-corrected chi connectivity index (χ2v) is 13.7. The predicted octanol–water partition coefficient (Wildman–Crippen LogP) is 5.22. The van der Waals surface area contributed by atoms with Gasteiger partial charge in [-0.3, -0.25) is 4.79 Å². The molecule has 9 nitrogen and oxygen atoms in total. The minimum absolute atomic E-state index is 0.00519. The van der Waals surface area contributed by atoms with Gasteiger partial charge >= 0.3 is 6.18 Å². The number of hydrogen-bond acceptors (Lipinski definition) is 10. The zero-order valence-electron chi connectivity index (χ0n) is 24.2. The third kappa shape index (κ3) is 6.02. The lowest BCUT2D eigenvalue weighted by molar-refractivity contribution is -0.137. The lowest BCUT2D eigenvalue weighted by Gasteiger charge is -2.36. The summed E-state index contributed by atoms with van der Waals surface area (Å²) in [6.45, 7) is 4.74. The summed E-state index contributed by atoms with van der Waals surface area (Å²) in [6.07, 6.45) is -1.71. The summed E-state index contributed by atoms with van der Waals surface area (Å²) >= 11 is 2.54. The second kappa shape index (κ2) is 12.1. The van der Waals surface area contributed by atoms with Crippen LogP contribution in [0.1, 0.15) is 39.6 Å². The Morgan fingerprint density at radius 1 is 1.20 bits per heavy atom. The first-order valence-electron chi connectivity index (χ1n) is 14.8. The summed E-state index contributed by atoms with van der Waals surface area (Å²) < 4.78 is 53.2. The highest BCUT2D eigenvalue weighted by atomic mass is 32.2. The summed E-state index contributed by atoms with van der Waals surface area (Å²) in [4.78, 5) is 27.4. The van der Waals surface area contributed by atoms with Gasteiger partial charge in [0.1, 0.15) is 10.4 Å². The number of thiophene rings is 1. The molecule has 1 saturated carbocycles. The minimum atomic E-state index is -4.66. The average molecular weight is 647 g/mol. The number of carbonyl (C=O) groups is 1. The fraction of sp³-hybridized carbons (Fsp3) is 0.500. The van der Waals surface area contributed by atoms with Crippen molar-refractivity contribution in [2.24, 2.45) is 0 Å². The molecule has 4 aliphatic rings. The zero-order chi connectivity index (χ0) is 30.4. The number of fused-ring (bicyclic) bond motifs is 1. The van der Waals surface area contributed by atoms with E-state index in [1.54, 1.807) is 18.1 Å². The van der Waals surface area contributed by atoms with E-state index in [0.29, 0.717) is 52.7 Å². The highest BCUT2D eigenvalue weighted by Crippen LogP contribution is 2.46. The molecule has 14 heteroatoms. The standard InChI is InChI=1S/C30H33F3N6O3S2/c1-41-14-18-13-38(7-6-34-18)19-4-5-23(21(10-19)17-2-3-17)36-29-35-12-22(30(31,32)33)26(37-29)24-11-25-27(44-24)28(40)39(8-9-43-25)20-15-42-16-20/h4-5,10-12,17-18,20,34H,2-3,6-9,13-16H2,1H3,(H,35,36,37). The van der Waals surface area contributed by atoms with E-state index in [4.69, 9.17) is 9.47 Å². The van der Waals surface area contributed by atoms with Crippen molar-refractivity contribution in [3.8, 4) is 10.6 Å². The van der Waals surface area contributed by atoms with Crippen LogP contribution in [0.5, 0.6) is 0 Å².